The smallest absolute Gasteiger partial charge is 0.0857 e. The van der Waals surface area contributed by atoms with Crippen LogP contribution in [0, 0.1) is 11.8 Å². The quantitative estimate of drug-likeness (QED) is 0.829. The Labute approximate surface area is 119 Å². The van der Waals surface area contributed by atoms with E-state index >= 15 is 0 Å². The summed E-state index contributed by atoms with van der Waals surface area (Å²) in [7, 11) is 2.22. The van der Waals surface area contributed by atoms with Crippen molar-refractivity contribution < 1.29 is 4.74 Å². The van der Waals surface area contributed by atoms with Crippen LogP contribution in [-0.2, 0) is 4.74 Å². The van der Waals surface area contributed by atoms with Crippen LogP contribution in [0.3, 0.4) is 0 Å². The Morgan fingerprint density at radius 2 is 2.00 bits per heavy atom. The number of ether oxygens (including phenoxy) is 1. The first-order chi connectivity index (χ1) is 9.20. The molecule has 0 spiro atoms. The molecule has 112 valence electrons. The van der Waals surface area contributed by atoms with Gasteiger partial charge in [0.05, 0.1) is 12.7 Å². The van der Waals surface area contributed by atoms with Crippen LogP contribution in [0.4, 0.5) is 0 Å². The third-order valence-corrected chi connectivity index (χ3v) is 4.90. The highest BCUT2D eigenvalue weighted by atomic mass is 16.5. The lowest BCUT2D eigenvalue weighted by atomic mass is 9.77. The topological polar surface area (TPSA) is 24.5 Å². The van der Waals surface area contributed by atoms with Gasteiger partial charge in [-0.25, -0.2) is 0 Å². The van der Waals surface area contributed by atoms with Gasteiger partial charge < -0.3 is 15.0 Å². The van der Waals surface area contributed by atoms with Crippen LogP contribution in [-0.4, -0.2) is 50.3 Å². The standard InChI is InChI=1S/C16H32N2O/c1-4-9-17-16(14-7-5-13(2)6-8-14)15-12-18(3)10-11-19-15/h13-17H,4-12H2,1-3H3. The third-order valence-electron chi connectivity index (χ3n) is 4.90. The summed E-state index contributed by atoms with van der Waals surface area (Å²) in [5.74, 6) is 1.75. The molecule has 1 saturated carbocycles. The van der Waals surface area contributed by atoms with Gasteiger partial charge in [0.1, 0.15) is 0 Å². The summed E-state index contributed by atoms with van der Waals surface area (Å²) >= 11 is 0. The number of likely N-dealkylation sites (N-methyl/N-ethyl adjacent to an activating group) is 1. The second kappa shape index (κ2) is 7.61. The number of hydrogen-bond acceptors (Lipinski definition) is 3. The molecular weight excluding hydrogens is 236 g/mol. The monoisotopic (exact) mass is 268 g/mol. The minimum atomic E-state index is 0.392. The molecule has 1 aliphatic carbocycles. The van der Waals surface area contributed by atoms with Crippen molar-refractivity contribution in [2.75, 3.05) is 33.3 Å². The van der Waals surface area contributed by atoms with Crippen molar-refractivity contribution in [3.8, 4) is 0 Å². The molecule has 3 heteroatoms. The average molecular weight is 268 g/mol. The summed E-state index contributed by atoms with van der Waals surface area (Å²) in [6, 6.07) is 0.565. The van der Waals surface area contributed by atoms with E-state index in [1.807, 2.05) is 0 Å². The molecule has 1 heterocycles. The van der Waals surface area contributed by atoms with E-state index in [0.717, 1.165) is 38.1 Å². The van der Waals surface area contributed by atoms with Crippen molar-refractivity contribution in [2.24, 2.45) is 11.8 Å². The fraction of sp³-hybridized carbons (Fsp3) is 1.00. The molecule has 1 N–H and O–H groups in total. The Hall–Kier alpha value is -0.120. The zero-order valence-corrected chi connectivity index (χ0v) is 13.0. The van der Waals surface area contributed by atoms with Crippen molar-refractivity contribution in [3.63, 3.8) is 0 Å². The largest absolute Gasteiger partial charge is 0.374 e. The Kier molecular flexibility index (Phi) is 6.11. The van der Waals surface area contributed by atoms with Gasteiger partial charge in [0.25, 0.3) is 0 Å². The van der Waals surface area contributed by atoms with Crippen LogP contribution in [0.2, 0.25) is 0 Å². The molecular formula is C16H32N2O. The van der Waals surface area contributed by atoms with Gasteiger partial charge in [0.2, 0.25) is 0 Å². The SMILES string of the molecule is CCCNC(C1CCC(C)CC1)C1CN(C)CCO1. The normalized spacial score (nSPS) is 35.2. The number of nitrogens with one attached hydrogen (secondary N) is 1. The fourth-order valence-corrected chi connectivity index (χ4v) is 3.59. The van der Waals surface area contributed by atoms with Gasteiger partial charge in [-0.05, 0) is 44.7 Å². The van der Waals surface area contributed by atoms with Gasteiger partial charge in [0, 0.05) is 19.1 Å². The van der Waals surface area contributed by atoms with Gasteiger partial charge in [-0.3, -0.25) is 0 Å². The van der Waals surface area contributed by atoms with E-state index in [1.54, 1.807) is 0 Å². The molecule has 2 unspecified atom stereocenters. The molecule has 19 heavy (non-hydrogen) atoms. The first-order valence-electron chi connectivity index (χ1n) is 8.24. The molecule has 0 bridgehead atoms. The Morgan fingerprint density at radius 1 is 1.26 bits per heavy atom. The number of hydrogen-bond donors (Lipinski definition) is 1. The van der Waals surface area contributed by atoms with E-state index in [4.69, 9.17) is 4.74 Å². The number of nitrogens with zero attached hydrogens (tertiary/aromatic N) is 1. The van der Waals surface area contributed by atoms with Crippen molar-refractivity contribution in [2.45, 2.75) is 58.1 Å². The molecule has 2 rings (SSSR count). The summed E-state index contributed by atoms with van der Waals surface area (Å²) < 4.78 is 6.08. The highest BCUT2D eigenvalue weighted by molar-refractivity contribution is 4.89. The fourth-order valence-electron chi connectivity index (χ4n) is 3.59. The summed E-state index contributed by atoms with van der Waals surface area (Å²) in [4.78, 5) is 2.42. The zero-order valence-electron chi connectivity index (χ0n) is 13.0. The Morgan fingerprint density at radius 3 is 2.63 bits per heavy atom. The molecule has 2 aliphatic rings. The number of morpholine rings is 1. The molecule has 0 aromatic carbocycles. The summed E-state index contributed by atoms with van der Waals surface area (Å²) in [6.07, 6.45) is 7.17. The summed E-state index contributed by atoms with van der Waals surface area (Å²) in [6.45, 7) is 8.84. The molecule has 0 amide bonds. The van der Waals surface area contributed by atoms with Crippen LogP contribution < -0.4 is 5.32 Å². The average Bonchev–Trinajstić information content (AvgIpc) is 2.41. The van der Waals surface area contributed by atoms with Gasteiger partial charge in [-0.15, -0.1) is 0 Å². The second-order valence-electron chi connectivity index (χ2n) is 6.67. The lowest BCUT2D eigenvalue weighted by Crippen LogP contribution is -2.54. The maximum Gasteiger partial charge on any atom is 0.0857 e. The molecule has 2 fully saturated rings. The summed E-state index contributed by atoms with van der Waals surface area (Å²) in [5, 5.41) is 3.79. The third kappa shape index (κ3) is 4.44. The lowest BCUT2D eigenvalue weighted by molar-refractivity contribution is -0.0533. The van der Waals surface area contributed by atoms with E-state index in [-0.39, 0.29) is 0 Å². The van der Waals surface area contributed by atoms with Gasteiger partial charge in [0.15, 0.2) is 0 Å². The predicted molar refractivity (Wildman–Crippen MR) is 80.4 cm³/mol. The minimum Gasteiger partial charge on any atom is -0.374 e. The van der Waals surface area contributed by atoms with E-state index in [1.165, 1.54) is 32.1 Å². The first kappa shape index (κ1) is 15.3. The lowest BCUT2D eigenvalue weighted by Gasteiger charge is -2.41. The van der Waals surface area contributed by atoms with Crippen LogP contribution in [0.1, 0.15) is 46.0 Å². The van der Waals surface area contributed by atoms with Gasteiger partial charge >= 0.3 is 0 Å². The minimum absolute atomic E-state index is 0.392. The van der Waals surface area contributed by atoms with Crippen LogP contribution >= 0.6 is 0 Å². The predicted octanol–water partition coefficient (Wildman–Crippen LogP) is 2.51. The molecule has 1 aliphatic heterocycles. The zero-order chi connectivity index (χ0) is 13.7. The van der Waals surface area contributed by atoms with E-state index in [2.05, 4.69) is 31.1 Å². The molecule has 0 aromatic rings. The molecule has 0 radical (unpaired) electrons. The van der Waals surface area contributed by atoms with Crippen molar-refractivity contribution in [1.82, 2.24) is 10.2 Å². The molecule has 3 nitrogen and oxygen atoms in total. The van der Waals surface area contributed by atoms with Gasteiger partial charge in [-0.2, -0.15) is 0 Å². The van der Waals surface area contributed by atoms with Gasteiger partial charge in [-0.1, -0.05) is 26.7 Å². The highest BCUT2D eigenvalue weighted by Crippen LogP contribution is 2.32. The van der Waals surface area contributed by atoms with Crippen molar-refractivity contribution >= 4 is 0 Å². The Balaban J connectivity index is 1.94. The Bertz CT molecular complexity index is 251. The van der Waals surface area contributed by atoms with Crippen LogP contribution in [0.25, 0.3) is 0 Å². The van der Waals surface area contributed by atoms with E-state index in [9.17, 15) is 0 Å². The van der Waals surface area contributed by atoms with E-state index < -0.39 is 0 Å². The maximum atomic E-state index is 6.08. The molecule has 2 atom stereocenters. The second-order valence-corrected chi connectivity index (χ2v) is 6.67. The highest BCUT2D eigenvalue weighted by Gasteiger charge is 2.34. The molecule has 1 saturated heterocycles. The number of rotatable bonds is 5. The van der Waals surface area contributed by atoms with Crippen molar-refractivity contribution in [1.29, 1.82) is 0 Å². The summed E-state index contributed by atoms with van der Waals surface area (Å²) in [5.41, 5.74) is 0. The first-order valence-corrected chi connectivity index (χ1v) is 8.24. The molecule has 0 aromatic heterocycles. The van der Waals surface area contributed by atoms with Crippen LogP contribution in [0.15, 0.2) is 0 Å². The van der Waals surface area contributed by atoms with Crippen LogP contribution in [0.5, 0.6) is 0 Å². The van der Waals surface area contributed by atoms with E-state index in [0.29, 0.717) is 12.1 Å². The van der Waals surface area contributed by atoms with Crippen molar-refractivity contribution in [3.05, 3.63) is 0 Å². The maximum absolute atomic E-state index is 6.08.